The first kappa shape index (κ1) is 17.9. The Morgan fingerprint density at radius 2 is 2.04 bits per heavy atom. The van der Waals surface area contributed by atoms with Crippen molar-refractivity contribution in [3.8, 4) is 10.6 Å². The maximum atomic E-state index is 12.0. The van der Waals surface area contributed by atoms with Crippen LogP contribution in [0.25, 0.3) is 10.6 Å². The van der Waals surface area contributed by atoms with Gasteiger partial charge in [0.05, 0.1) is 31.5 Å². The summed E-state index contributed by atoms with van der Waals surface area (Å²) in [6, 6.07) is 11.6. The highest BCUT2D eigenvalue weighted by molar-refractivity contribution is 7.13. The summed E-state index contributed by atoms with van der Waals surface area (Å²) in [7, 11) is 0. The average Bonchev–Trinajstić information content (AvgIpc) is 3.30. The minimum absolute atomic E-state index is 0.0750. The molecule has 0 aliphatic rings. The Morgan fingerprint density at radius 1 is 1.15 bits per heavy atom. The summed E-state index contributed by atoms with van der Waals surface area (Å²) in [5.74, 6) is 0.156. The van der Waals surface area contributed by atoms with Crippen molar-refractivity contribution in [3.05, 3.63) is 65.1 Å². The number of carbonyl (C=O) groups excluding carboxylic acids is 2. The first-order valence-electron chi connectivity index (χ1n) is 8.17. The highest BCUT2D eigenvalue weighted by Gasteiger charge is 2.11. The summed E-state index contributed by atoms with van der Waals surface area (Å²) in [6.07, 6.45) is 1.69. The van der Waals surface area contributed by atoms with Gasteiger partial charge in [0.15, 0.2) is 0 Å². The van der Waals surface area contributed by atoms with E-state index in [0.29, 0.717) is 18.0 Å². The Kier molecular flexibility index (Phi) is 5.80. The van der Waals surface area contributed by atoms with Crippen molar-refractivity contribution in [1.82, 2.24) is 15.6 Å². The van der Waals surface area contributed by atoms with Gasteiger partial charge in [0.1, 0.15) is 10.8 Å². The number of amides is 2. The number of benzene rings is 1. The van der Waals surface area contributed by atoms with E-state index in [1.165, 1.54) is 11.3 Å². The van der Waals surface area contributed by atoms with Gasteiger partial charge in [0.2, 0.25) is 11.8 Å². The van der Waals surface area contributed by atoms with Crippen LogP contribution in [-0.4, -0.2) is 23.3 Å². The fourth-order valence-corrected chi connectivity index (χ4v) is 3.18. The van der Waals surface area contributed by atoms with Gasteiger partial charge in [-0.15, -0.1) is 11.3 Å². The van der Waals surface area contributed by atoms with E-state index in [-0.39, 0.29) is 24.8 Å². The molecule has 0 aliphatic carbocycles. The van der Waals surface area contributed by atoms with Crippen molar-refractivity contribution in [2.45, 2.75) is 19.9 Å². The summed E-state index contributed by atoms with van der Waals surface area (Å²) < 4.78 is 5.13. The van der Waals surface area contributed by atoms with Gasteiger partial charge in [-0.3, -0.25) is 9.59 Å². The second-order valence-corrected chi connectivity index (χ2v) is 6.68. The quantitative estimate of drug-likeness (QED) is 0.671. The van der Waals surface area contributed by atoms with E-state index in [1.807, 2.05) is 30.5 Å². The third kappa shape index (κ3) is 5.03. The number of nitrogens with zero attached hydrogens (tertiary/aromatic N) is 1. The van der Waals surface area contributed by atoms with Crippen LogP contribution in [-0.2, 0) is 22.6 Å². The smallest absolute Gasteiger partial charge is 0.239 e. The summed E-state index contributed by atoms with van der Waals surface area (Å²) in [6.45, 7) is 2.25. The Balaban J connectivity index is 1.45. The number of aryl methyl sites for hydroxylation is 1. The molecule has 0 spiro atoms. The van der Waals surface area contributed by atoms with Crippen LogP contribution in [0.3, 0.4) is 0 Å². The molecular weight excluding hydrogens is 350 g/mol. The fourth-order valence-electron chi connectivity index (χ4n) is 2.37. The average molecular weight is 369 g/mol. The molecule has 2 aromatic heterocycles. The zero-order chi connectivity index (χ0) is 18.4. The van der Waals surface area contributed by atoms with Crippen molar-refractivity contribution >= 4 is 23.2 Å². The largest absolute Gasteiger partial charge is 0.467 e. The molecule has 0 aliphatic heterocycles. The Bertz CT molecular complexity index is 887. The van der Waals surface area contributed by atoms with E-state index >= 15 is 0 Å². The first-order valence-corrected chi connectivity index (χ1v) is 9.05. The van der Waals surface area contributed by atoms with Crippen LogP contribution in [0.4, 0.5) is 0 Å². The molecule has 1 aromatic carbocycles. The number of thiazole rings is 1. The topological polar surface area (TPSA) is 84.2 Å². The summed E-state index contributed by atoms with van der Waals surface area (Å²) in [4.78, 5) is 28.2. The van der Waals surface area contributed by atoms with Crippen LogP contribution in [0.2, 0.25) is 0 Å². The SMILES string of the molecule is Cc1cccc(-c2nc(CC(=O)NCC(=O)NCc3ccco3)cs2)c1. The van der Waals surface area contributed by atoms with E-state index < -0.39 is 0 Å². The van der Waals surface area contributed by atoms with Crippen molar-refractivity contribution in [2.24, 2.45) is 0 Å². The molecular formula is C19H19N3O3S. The third-order valence-corrected chi connectivity index (χ3v) is 4.58. The molecule has 3 rings (SSSR count). The first-order chi connectivity index (χ1) is 12.6. The second-order valence-electron chi connectivity index (χ2n) is 5.82. The van der Waals surface area contributed by atoms with Gasteiger partial charge in [0, 0.05) is 10.9 Å². The van der Waals surface area contributed by atoms with Crippen LogP contribution >= 0.6 is 11.3 Å². The fraction of sp³-hybridized carbons (Fsp3) is 0.211. The van der Waals surface area contributed by atoms with Gasteiger partial charge in [0.25, 0.3) is 0 Å². The zero-order valence-corrected chi connectivity index (χ0v) is 15.1. The summed E-state index contributed by atoms with van der Waals surface area (Å²) in [5, 5.41) is 8.03. The maximum absolute atomic E-state index is 12.0. The van der Waals surface area contributed by atoms with Crippen LogP contribution in [0, 0.1) is 6.92 Å². The standard InChI is InChI=1S/C19H19N3O3S/c1-13-4-2-5-14(8-13)19-22-15(12-26-19)9-17(23)21-11-18(24)20-10-16-6-3-7-25-16/h2-8,12H,9-11H2,1H3,(H,20,24)(H,21,23). The number of nitrogens with one attached hydrogen (secondary N) is 2. The number of rotatable bonds is 7. The van der Waals surface area contributed by atoms with Gasteiger partial charge in [-0.2, -0.15) is 0 Å². The number of carbonyl (C=O) groups is 2. The molecule has 2 amide bonds. The van der Waals surface area contributed by atoms with E-state index in [2.05, 4.69) is 21.7 Å². The third-order valence-electron chi connectivity index (χ3n) is 3.64. The van der Waals surface area contributed by atoms with Gasteiger partial charge in [-0.1, -0.05) is 23.8 Å². The molecule has 0 bridgehead atoms. The molecule has 134 valence electrons. The molecule has 6 nitrogen and oxygen atoms in total. The van der Waals surface area contributed by atoms with Crippen molar-refractivity contribution in [2.75, 3.05) is 6.54 Å². The van der Waals surface area contributed by atoms with E-state index in [4.69, 9.17) is 4.42 Å². The van der Waals surface area contributed by atoms with Gasteiger partial charge >= 0.3 is 0 Å². The highest BCUT2D eigenvalue weighted by Crippen LogP contribution is 2.24. The van der Waals surface area contributed by atoms with Gasteiger partial charge in [-0.25, -0.2) is 4.98 Å². The number of hydrogen-bond donors (Lipinski definition) is 2. The minimum atomic E-state index is -0.270. The molecule has 0 atom stereocenters. The molecule has 7 heteroatoms. The lowest BCUT2D eigenvalue weighted by atomic mass is 10.1. The maximum Gasteiger partial charge on any atom is 0.239 e. The predicted molar refractivity (Wildman–Crippen MR) is 99.6 cm³/mol. The predicted octanol–water partition coefficient (Wildman–Crippen LogP) is 2.69. The molecule has 26 heavy (non-hydrogen) atoms. The van der Waals surface area contributed by atoms with Crippen molar-refractivity contribution < 1.29 is 14.0 Å². The Morgan fingerprint density at radius 3 is 2.81 bits per heavy atom. The molecule has 3 aromatic rings. The molecule has 0 radical (unpaired) electrons. The number of furan rings is 1. The van der Waals surface area contributed by atoms with Crippen LogP contribution in [0.5, 0.6) is 0 Å². The van der Waals surface area contributed by atoms with Crippen LogP contribution in [0.15, 0.2) is 52.5 Å². The molecule has 2 heterocycles. The number of aromatic nitrogens is 1. The molecule has 2 N–H and O–H groups in total. The summed E-state index contributed by atoms with van der Waals surface area (Å²) in [5.41, 5.74) is 2.90. The van der Waals surface area contributed by atoms with Crippen molar-refractivity contribution in [3.63, 3.8) is 0 Å². The van der Waals surface area contributed by atoms with E-state index in [9.17, 15) is 9.59 Å². The van der Waals surface area contributed by atoms with E-state index in [0.717, 1.165) is 16.1 Å². The lowest BCUT2D eigenvalue weighted by Crippen LogP contribution is -2.37. The second kappa shape index (κ2) is 8.44. The monoisotopic (exact) mass is 369 g/mol. The van der Waals surface area contributed by atoms with E-state index in [1.54, 1.807) is 18.4 Å². The van der Waals surface area contributed by atoms with Crippen molar-refractivity contribution in [1.29, 1.82) is 0 Å². The Labute approximate surface area is 155 Å². The molecule has 0 unspecified atom stereocenters. The van der Waals surface area contributed by atoms with Gasteiger partial charge in [-0.05, 0) is 25.1 Å². The van der Waals surface area contributed by atoms with Crippen LogP contribution < -0.4 is 10.6 Å². The van der Waals surface area contributed by atoms with Crippen LogP contribution in [0.1, 0.15) is 17.0 Å². The Hall–Kier alpha value is -2.93. The highest BCUT2D eigenvalue weighted by atomic mass is 32.1. The zero-order valence-electron chi connectivity index (χ0n) is 14.3. The summed E-state index contributed by atoms with van der Waals surface area (Å²) >= 11 is 1.50. The number of hydrogen-bond acceptors (Lipinski definition) is 5. The minimum Gasteiger partial charge on any atom is -0.467 e. The normalized spacial score (nSPS) is 10.5. The lowest BCUT2D eigenvalue weighted by molar-refractivity contribution is -0.125. The lowest BCUT2D eigenvalue weighted by Gasteiger charge is -2.05. The molecule has 0 saturated heterocycles. The molecule has 0 fully saturated rings. The van der Waals surface area contributed by atoms with Gasteiger partial charge < -0.3 is 15.1 Å². The molecule has 0 saturated carbocycles.